The van der Waals surface area contributed by atoms with E-state index >= 15 is 0 Å². The fraction of sp³-hybridized carbons (Fsp3) is 0.464. The van der Waals surface area contributed by atoms with Crippen LogP contribution in [0, 0.1) is 0 Å². The normalized spacial score (nSPS) is 20.4. The molecule has 1 N–H and O–H groups in total. The highest BCUT2D eigenvalue weighted by Gasteiger charge is 2.33. The van der Waals surface area contributed by atoms with Crippen LogP contribution < -0.4 is 14.2 Å². The van der Waals surface area contributed by atoms with E-state index in [1.54, 1.807) is 17.0 Å². The molecule has 0 unspecified atom stereocenters. The van der Waals surface area contributed by atoms with Gasteiger partial charge in [-0.05, 0) is 60.9 Å². The second-order valence-electron chi connectivity index (χ2n) is 9.71. The van der Waals surface area contributed by atoms with Crippen LogP contribution in [-0.2, 0) is 24.3 Å². The number of methoxy groups -OCH3 is 1. The van der Waals surface area contributed by atoms with Gasteiger partial charge in [-0.1, -0.05) is 6.07 Å². The number of allylic oxidation sites excluding steroid dienone is 1. The first-order chi connectivity index (χ1) is 19.4. The summed E-state index contributed by atoms with van der Waals surface area (Å²) in [4.78, 5) is 15.1. The van der Waals surface area contributed by atoms with Gasteiger partial charge in [-0.15, -0.1) is 0 Å². The van der Waals surface area contributed by atoms with Gasteiger partial charge in [0.1, 0.15) is 5.75 Å². The smallest absolute Gasteiger partial charge is 0.288 e. The van der Waals surface area contributed by atoms with E-state index in [0.717, 1.165) is 18.4 Å². The number of benzene rings is 2. The van der Waals surface area contributed by atoms with Gasteiger partial charge >= 0.3 is 0 Å². The van der Waals surface area contributed by atoms with Gasteiger partial charge in [-0.25, -0.2) is 8.42 Å². The van der Waals surface area contributed by atoms with Crippen LogP contribution in [0.4, 0.5) is 0 Å². The van der Waals surface area contributed by atoms with Crippen molar-refractivity contribution in [1.29, 1.82) is 0 Å². The summed E-state index contributed by atoms with van der Waals surface area (Å²) in [5.74, 6) is 1.70. The molecular weight excluding hydrogens is 540 g/mol. The number of hydrogen-bond acceptors (Lipinski definition) is 9. The third kappa shape index (κ3) is 6.20. The van der Waals surface area contributed by atoms with Crippen molar-refractivity contribution in [3.8, 4) is 17.2 Å². The number of likely N-dealkylation sites (tertiary alicyclic amines) is 1. The maximum atomic E-state index is 13.2. The van der Waals surface area contributed by atoms with E-state index in [0.29, 0.717) is 36.8 Å². The molecule has 1 saturated heterocycles. The minimum atomic E-state index is -3.89. The van der Waals surface area contributed by atoms with Gasteiger partial charge in [-0.3, -0.25) is 4.79 Å². The zero-order chi connectivity index (χ0) is 28.1. The Morgan fingerprint density at radius 3 is 2.55 bits per heavy atom. The number of hydrogen-bond donors (Lipinski definition) is 1. The number of rotatable bonds is 11. The number of fused-ring (bicyclic) bond motifs is 1. The van der Waals surface area contributed by atoms with Gasteiger partial charge in [0.2, 0.25) is 23.1 Å². The third-order valence-electron chi connectivity index (χ3n) is 7.18. The molecule has 216 valence electrons. The number of nitrogens with zero attached hydrogens (tertiary/aromatic N) is 2. The maximum absolute atomic E-state index is 13.2. The van der Waals surface area contributed by atoms with Crippen molar-refractivity contribution in [2.75, 3.05) is 53.3 Å². The number of aliphatic hydroxyl groups is 1. The quantitative estimate of drug-likeness (QED) is 0.431. The summed E-state index contributed by atoms with van der Waals surface area (Å²) in [6.45, 7) is 1.07. The van der Waals surface area contributed by atoms with E-state index in [2.05, 4.69) is 0 Å². The highest BCUT2D eigenvalue weighted by Crippen LogP contribution is 2.38. The number of aliphatic hydroxyl groups excluding tert-OH is 1. The molecule has 0 saturated carbocycles. The van der Waals surface area contributed by atoms with Crippen molar-refractivity contribution in [1.82, 2.24) is 9.21 Å². The van der Waals surface area contributed by atoms with Gasteiger partial charge in [0.05, 0.1) is 25.2 Å². The predicted octanol–water partition coefficient (Wildman–Crippen LogP) is 2.46. The highest BCUT2D eigenvalue weighted by molar-refractivity contribution is 7.89. The molecule has 0 aliphatic carbocycles. The summed E-state index contributed by atoms with van der Waals surface area (Å²) < 4.78 is 55.7. The van der Waals surface area contributed by atoms with Crippen molar-refractivity contribution in [2.45, 2.75) is 36.4 Å². The van der Waals surface area contributed by atoms with Crippen LogP contribution in [0.25, 0.3) is 0 Å². The summed E-state index contributed by atoms with van der Waals surface area (Å²) in [7, 11) is -2.38. The Labute approximate surface area is 233 Å². The van der Waals surface area contributed by atoms with Gasteiger partial charge in [0.25, 0.3) is 5.91 Å². The fourth-order valence-electron chi connectivity index (χ4n) is 5.01. The van der Waals surface area contributed by atoms with Crippen molar-refractivity contribution in [3.63, 3.8) is 0 Å². The van der Waals surface area contributed by atoms with Crippen LogP contribution in [0.1, 0.15) is 30.7 Å². The third-order valence-corrected chi connectivity index (χ3v) is 9.09. The van der Waals surface area contributed by atoms with E-state index in [9.17, 15) is 18.3 Å². The Bertz CT molecular complexity index is 1320. The summed E-state index contributed by atoms with van der Waals surface area (Å²) in [6.07, 6.45) is 3.37. The molecule has 3 aliphatic heterocycles. The molecule has 2 atom stereocenters. The van der Waals surface area contributed by atoms with Crippen molar-refractivity contribution >= 4 is 15.9 Å². The molecule has 11 nitrogen and oxygen atoms in total. The Hall–Kier alpha value is -3.32. The molecule has 5 rings (SSSR count). The second-order valence-corrected chi connectivity index (χ2v) is 11.6. The molecule has 2 aromatic carbocycles. The Balaban J connectivity index is 1.29. The number of amides is 1. The standard InChI is InChI=1S/C28H34N2O9S/c1-35-22-5-7-23(8-6-22)40(33,34)30(12-14-31)13-15-36-27-18-21(20-4-9-24-25(16-20)38-19-37-24)17-26(39-27)28(32)29-10-2-3-11-29/h4-9,16-17,21,27,31H,2-3,10-15,18-19H2,1H3/t21-,27+/m1/s1. The number of carbonyl (C=O) groups excluding carboxylic acids is 1. The largest absolute Gasteiger partial charge is 0.497 e. The lowest BCUT2D eigenvalue weighted by molar-refractivity contribution is -0.152. The first kappa shape index (κ1) is 28.2. The van der Waals surface area contributed by atoms with Gasteiger partial charge < -0.3 is 33.7 Å². The molecule has 0 aromatic heterocycles. The first-order valence-corrected chi connectivity index (χ1v) is 14.8. The molecule has 2 aromatic rings. The topological polar surface area (TPSA) is 124 Å². The summed E-state index contributed by atoms with van der Waals surface area (Å²) in [5, 5.41) is 9.54. The molecule has 0 radical (unpaired) electrons. The summed E-state index contributed by atoms with van der Waals surface area (Å²) >= 11 is 0. The van der Waals surface area contributed by atoms with Crippen LogP contribution in [0.2, 0.25) is 0 Å². The second kappa shape index (κ2) is 12.5. The van der Waals surface area contributed by atoms with E-state index in [1.807, 2.05) is 24.3 Å². The zero-order valence-electron chi connectivity index (χ0n) is 22.4. The Kier molecular flexibility index (Phi) is 8.79. The molecule has 3 heterocycles. The Morgan fingerprint density at radius 2 is 1.82 bits per heavy atom. The van der Waals surface area contributed by atoms with E-state index in [-0.39, 0.29) is 55.6 Å². The molecule has 0 bridgehead atoms. The molecule has 40 heavy (non-hydrogen) atoms. The predicted molar refractivity (Wildman–Crippen MR) is 143 cm³/mol. The fourth-order valence-corrected chi connectivity index (χ4v) is 6.42. The SMILES string of the molecule is COc1ccc(S(=O)(=O)N(CCO)CCO[C@@H]2C[C@H](c3ccc4c(c3)OCO4)C=C(C(=O)N3CCCC3)O2)cc1. The number of carbonyl (C=O) groups is 1. The van der Waals surface area contributed by atoms with E-state index in [1.165, 1.54) is 23.5 Å². The van der Waals surface area contributed by atoms with Crippen LogP contribution >= 0.6 is 0 Å². The Morgan fingerprint density at radius 1 is 1.07 bits per heavy atom. The lowest BCUT2D eigenvalue weighted by atomic mass is 9.92. The molecule has 12 heteroatoms. The van der Waals surface area contributed by atoms with Crippen LogP contribution in [0.15, 0.2) is 59.2 Å². The molecule has 1 amide bonds. The van der Waals surface area contributed by atoms with Gasteiger partial charge in [0.15, 0.2) is 17.3 Å². The summed E-state index contributed by atoms with van der Waals surface area (Å²) in [6, 6.07) is 11.7. The van der Waals surface area contributed by atoms with Crippen molar-refractivity contribution in [3.05, 3.63) is 59.9 Å². The maximum Gasteiger partial charge on any atom is 0.288 e. The number of sulfonamides is 1. The lowest BCUT2D eigenvalue weighted by Crippen LogP contribution is -2.38. The highest BCUT2D eigenvalue weighted by atomic mass is 32.2. The van der Waals surface area contributed by atoms with Gasteiger partial charge in [0, 0.05) is 38.5 Å². The molecular formula is C28H34N2O9S. The van der Waals surface area contributed by atoms with Crippen molar-refractivity contribution in [2.24, 2.45) is 0 Å². The lowest BCUT2D eigenvalue weighted by Gasteiger charge is -2.31. The average Bonchev–Trinajstić information content (AvgIpc) is 3.68. The summed E-state index contributed by atoms with van der Waals surface area (Å²) in [5.41, 5.74) is 0.928. The zero-order valence-corrected chi connectivity index (χ0v) is 23.2. The van der Waals surface area contributed by atoms with Crippen LogP contribution in [0.5, 0.6) is 17.2 Å². The number of ether oxygens (including phenoxy) is 5. The molecule has 1 fully saturated rings. The molecule has 3 aliphatic rings. The average molecular weight is 575 g/mol. The van der Waals surface area contributed by atoms with E-state index in [4.69, 9.17) is 23.7 Å². The van der Waals surface area contributed by atoms with E-state index < -0.39 is 16.3 Å². The van der Waals surface area contributed by atoms with Crippen LogP contribution in [0.3, 0.4) is 0 Å². The minimum absolute atomic E-state index is 0.000898. The minimum Gasteiger partial charge on any atom is -0.497 e. The molecule has 0 spiro atoms. The first-order valence-electron chi connectivity index (χ1n) is 13.3. The van der Waals surface area contributed by atoms with Crippen molar-refractivity contribution < 1.29 is 42.0 Å². The monoisotopic (exact) mass is 574 g/mol. The van der Waals surface area contributed by atoms with Crippen LogP contribution in [-0.4, -0.2) is 88.2 Å². The van der Waals surface area contributed by atoms with Gasteiger partial charge in [-0.2, -0.15) is 4.31 Å².